The third kappa shape index (κ3) is 4.13. The van der Waals surface area contributed by atoms with Crippen molar-refractivity contribution in [2.24, 2.45) is 0 Å². The highest BCUT2D eigenvalue weighted by molar-refractivity contribution is 6.03. The molecule has 0 aliphatic carbocycles. The van der Waals surface area contributed by atoms with Crippen LogP contribution in [0.4, 0.5) is 24.7 Å². The van der Waals surface area contributed by atoms with E-state index in [1.807, 2.05) is 0 Å². The molecule has 3 aromatic heterocycles. The first-order valence-electron chi connectivity index (χ1n) is 8.84. The van der Waals surface area contributed by atoms with Gasteiger partial charge in [0.25, 0.3) is 5.91 Å². The first-order chi connectivity index (χ1) is 14.4. The number of alkyl halides is 3. The van der Waals surface area contributed by atoms with Gasteiger partial charge in [-0.15, -0.1) is 0 Å². The van der Waals surface area contributed by atoms with Crippen molar-refractivity contribution in [3.05, 3.63) is 90.3 Å². The standard InChI is InChI=1S/C20H15F3N6O/c21-20(22,23)17-10-16(14-2-1-7-25-11-14)28-29(17)15-3-4-18(26-12-15)27-19(30)13-5-8-24-9-6-13/h1-12,16,28H,(H,26,27,30). The lowest BCUT2D eigenvalue weighted by Crippen LogP contribution is -2.38. The number of nitrogens with one attached hydrogen (secondary N) is 2. The molecule has 0 bridgehead atoms. The molecule has 2 N–H and O–H groups in total. The average Bonchev–Trinajstić information content (AvgIpc) is 3.22. The summed E-state index contributed by atoms with van der Waals surface area (Å²) in [6, 6.07) is 8.60. The van der Waals surface area contributed by atoms with E-state index < -0.39 is 23.8 Å². The Morgan fingerprint density at radius 2 is 1.83 bits per heavy atom. The summed E-state index contributed by atoms with van der Waals surface area (Å²) in [5.74, 6) is -0.189. The molecule has 0 saturated carbocycles. The van der Waals surface area contributed by atoms with Crippen molar-refractivity contribution in [1.29, 1.82) is 0 Å². The van der Waals surface area contributed by atoms with Crippen LogP contribution < -0.4 is 15.8 Å². The smallest absolute Gasteiger partial charge is 0.307 e. The van der Waals surface area contributed by atoms with Gasteiger partial charge in [-0.2, -0.15) is 13.2 Å². The minimum Gasteiger partial charge on any atom is -0.307 e. The first-order valence-corrected chi connectivity index (χ1v) is 8.84. The van der Waals surface area contributed by atoms with Crippen molar-refractivity contribution < 1.29 is 18.0 Å². The Bertz CT molecular complexity index is 1060. The summed E-state index contributed by atoms with van der Waals surface area (Å²) < 4.78 is 40.7. The van der Waals surface area contributed by atoms with E-state index in [1.165, 1.54) is 49.1 Å². The molecule has 1 unspecified atom stereocenters. The number of nitrogens with zero attached hydrogens (tertiary/aromatic N) is 4. The topological polar surface area (TPSA) is 83.0 Å². The minimum absolute atomic E-state index is 0.173. The van der Waals surface area contributed by atoms with E-state index in [0.29, 0.717) is 11.1 Å². The van der Waals surface area contributed by atoms with Crippen LogP contribution in [0, 0.1) is 0 Å². The monoisotopic (exact) mass is 412 g/mol. The zero-order chi connectivity index (χ0) is 21.1. The maximum Gasteiger partial charge on any atom is 0.432 e. The molecule has 1 atom stereocenters. The number of halogens is 3. The fraction of sp³-hybridized carbons (Fsp3) is 0.100. The normalized spacial score (nSPS) is 16.3. The van der Waals surface area contributed by atoms with Gasteiger partial charge in [0.05, 0.1) is 17.9 Å². The summed E-state index contributed by atoms with van der Waals surface area (Å²) in [6.45, 7) is 0. The number of allylic oxidation sites excluding steroid dienone is 1. The molecule has 0 fully saturated rings. The van der Waals surface area contributed by atoms with E-state index in [0.717, 1.165) is 11.1 Å². The zero-order valence-corrected chi connectivity index (χ0v) is 15.3. The number of hydrogen-bond acceptors (Lipinski definition) is 6. The highest BCUT2D eigenvalue weighted by Gasteiger charge is 2.43. The fourth-order valence-electron chi connectivity index (χ4n) is 2.93. The largest absolute Gasteiger partial charge is 0.432 e. The average molecular weight is 412 g/mol. The number of carbonyl (C=O) groups excluding carboxylic acids is 1. The highest BCUT2D eigenvalue weighted by atomic mass is 19.4. The summed E-state index contributed by atoms with van der Waals surface area (Å²) in [5.41, 5.74) is 3.11. The molecule has 152 valence electrons. The highest BCUT2D eigenvalue weighted by Crippen LogP contribution is 2.37. The lowest BCUT2D eigenvalue weighted by atomic mass is 10.1. The van der Waals surface area contributed by atoms with Gasteiger partial charge in [0.2, 0.25) is 0 Å². The van der Waals surface area contributed by atoms with Crippen LogP contribution in [0.15, 0.2) is 79.2 Å². The predicted molar refractivity (Wildman–Crippen MR) is 103 cm³/mol. The van der Waals surface area contributed by atoms with Gasteiger partial charge in [-0.05, 0) is 42.0 Å². The van der Waals surface area contributed by atoms with Gasteiger partial charge >= 0.3 is 6.18 Å². The molecule has 1 aliphatic heterocycles. The molecule has 0 aromatic carbocycles. The Morgan fingerprint density at radius 3 is 2.47 bits per heavy atom. The number of hydrazine groups is 1. The van der Waals surface area contributed by atoms with Gasteiger partial charge in [-0.3, -0.25) is 19.8 Å². The zero-order valence-electron chi connectivity index (χ0n) is 15.3. The SMILES string of the molecule is O=C(Nc1ccc(N2NC(c3cccnc3)C=C2C(F)(F)F)cn1)c1ccncc1. The molecular formula is C20H15F3N6O. The van der Waals surface area contributed by atoms with Crippen LogP contribution in [0.1, 0.15) is 22.0 Å². The van der Waals surface area contributed by atoms with E-state index >= 15 is 0 Å². The number of hydrogen-bond donors (Lipinski definition) is 2. The van der Waals surface area contributed by atoms with E-state index in [4.69, 9.17) is 0 Å². The van der Waals surface area contributed by atoms with Gasteiger partial charge in [0, 0.05) is 30.4 Å². The Kier molecular flexibility index (Phi) is 5.15. The van der Waals surface area contributed by atoms with E-state index in [-0.39, 0.29) is 11.5 Å². The molecule has 0 radical (unpaired) electrons. The Balaban J connectivity index is 1.54. The Morgan fingerprint density at radius 1 is 1.03 bits per heavy atom. The quantitative estimate of drug-likeness (QED) is 0.681. The number of aromatic nitrogens is 3. The number of amides is 1. The van der Waals surface area contributed by atoms with Crippen LogP contribution in [-0.4, -0.2) is 27.0 Å². The number of pyridine rings is 3. The van der Waals surface area contributed by atoms with Crippen molar-refractivity contribution >= 4 is 17.4 Å². The van der Waals surface area contributed by atoms with Gasteiger partial charge in [-0.25, -0.2) is 10.4 Å². The number of rotatable bonds is 4. The van der Waals surface area contributed by atoms with Crippen molar-refractivity contribution in [1.82, 2.24) is 20.4 Å². The minimum atomic E-state index is -4.57. The van der Waals surface area contributed by atoms with Gasteiger partial charge in [0.1, 0.15) is 11.5 Å². The van der Waals surface area contributed by atoms with E-state index in [1.54, 1.807) is 18.3 Å². The van der Waals surface area contributed by atoms with Crippen LogP contribution in [-0.2, 0) is 0 Å². The van der Waals surface area contributed by atoms with E-state index in [9.17, 15) is 18.0 Å². The van der Waals surface area contributed by atoms with Gasteiger partial charge in [-0.1, -0.05) is 6.07 Å². The fourth-order valence-corrected chi connectivity index (χ4v) is 2.93. The van der Waals surface area contributed by atoms with Crippen LogP contribution >= 0.6 is 0 Å². The second kappa shape index (κ2) is 7.91. The molecule has 1 aliphatic rings. The van der Waals surface area contributed by atoms with Gasteiger partial charge < -0.3 is 5.32 Å². The van der Waals surface area contributed by atoms with Crippen LogP contribution in [0.5, 0.6) is 0 Å². The molecule has 4 rings (SSSR count). The summed E-state index contributed by atoms with van der Waals surface area (Å²) in [6.07, 6.45) is 3.78. The Labute approximate surface area is 169 Å². The molecule has 4 heterocycles. The Hall–Kier alpha value is -3.79. The van der Waals surface area contributed by atoms with Crippen molar-refractivity contribution in [3.63, 3.8) is 0 Å². The molecule has 10 heteroatoms. The lowest BCUT2D eigenvalue weighted by Gasteiger charge is -2.25. The molecule has 7 nitrogen and oxygen atoms in total. The summed E-state index contributed by atoms with van der Waals surface area (Å²) in [5, 5.41) is 3.52. The third-order valence-electron chi connectivity index (χ3n) is 4.36. The van der Waals surface area contributed by atoms with Crippen molar-refractivity contribution in [3.8, 4) is 0 Å². The summed E-state index contributed by atoms with van der Waals surface area (Å²) in [7, 11) is 0. The second-order valence-corrected chi connectivity index (χ2v) is 6.37. The van der Waals surface area contributed by atoms with Gasteiger partial charge in [0.15, 0.2) is 0 Å². The first kappa shape index (κ1) is 19.5. The summed E-state index contributed by atoms with van der Waals surface area (Å²) >= 11 is 0. The molecule has 0 saturated heterocycles. The molecule has 0 spiro atoms. The van der Waals surface area contributed by atoms with Crippen molar-refractivity contribution in [2.45, 2.75) is 12.2 Å². The molecule has 1 amide bonds. The van der Waals surface area contributed by atoms with Crippen LogP contribution in [0.2, 0.25) is 0 Å². The molecular weight excluding hydrogens is 397 g/mol. The summed E-state index contributed by atoms with van der Waals surface area (Å²) in [4.78, 5) is 24.0. The van der Waals surface area contributed by atoms with Crippen LogP contribution in [0.25, 0.3) is 0 Å². The number of anilines is 2. The van der Waals surface area contributed by atoms with Crippen molar-refractivity contribution in [2.75, 3.05) is 10.3 Å². The number of carbonyl (C=O) groups is 1. The maximum absolute atomic E-state index is 13.6. The second-order valence-electron chi connectivity index (χ2n) is 6.37. The maximum atomic E-state index is 13.6. The third-order valence-corrected chi connectivity index (χ3v) is 4.36. The lowest BCUT2D eigenvalue weighted by molar-refractivity contribution is -0.0931. The predicted octanol–water partition coefficient (Wildman–Crippen LogP) is 3.64. The van der Waals surface area contributed by atoms with E-state index in [2.05, 4.69) is 25.7 Å². The van der Waals surface area contributed by atoms with Crippen LogP contribution in [0.3, 0.4) is 0 Å². The molecule has 3 aromatic rings. The molecule has 30 heavy (non-hydrogen) atoms.